The maximum atomic E-state index is 12.0. The molecular formula is C24H32O2. The molecule has 0 radical (unpaired) electrons. The lowest BCUT2D eigenvalue weighted by Crippen LogP contribution is -2.55. The van der Waals surface area contributed by atoms with Crippen LogP contribution in [0.4, 0.5) is 0 Å². The van der Waals surface area contributed by atoms with Gasteiger partial charge in [-0.1, -0.05) is 30.7 Å². The van der Waals surface area contributed by atoms with Crippen molar-refractivity contribution in [3.05, 3.63) is 36.5 Å². The molecule has 7 atom stereocenters. The summed E-state index contributed by atoms with van der Waals surface area (Å²) in [6.07, 6.45) is 18.1. The lowest BCUT2D eigenvalue weighted by molar-refractivity contribution is -0.130. The van der Waals surface area contributed by atoms with Crippen molar-refractivity contribution in [3.63, 3.8) is 0 Å². The lowest BCUT2D eigenvalue weighted by atomic mass is 9.47. The predicted molar refractivity (Wildman–Crippen MR) is 104 cm³/mol. The molecule has 0 aromatic heterocycles. The Kier molecular flexibility index (Phi) is 3.87. The highest BCUT2D eigenvalue weighted by atomic mass is 16.5. The fourth-order valence-electron chi connectivity index (χ4n) is 8.07. The average molecular weight is 353 g/mol. The third kappa shape index (κ3) is 2.06. The minimum atomic E-state index is 0.00174. The lowest BCUT2D eigenvalue weighted by Gasteiger charge is -2.58. The molecule has 0 saturated heterocycles. The second-order valence-electron chi connectivity index (χ2n) is 9.47. The number of carbonyl (C=O) groups is 1. The van der Waals surface area contributed by atoms with Crippen LogP contribution in [0.3, 0.4) is 0 Å². The molecule has 0 aromatic rings. The molecule has 1 aliphatic heterocycles. The molecule has 2 nitrogen and oxygen atoms in total. The number of allylic oxidation sites excluding steroid dienone is 2. The molecule has 26 heavy (non-hydrogen) atoms. The number of hydrogen-bond donors (Lipinski definition) is 0. The molecule has 0 amide bonds. The molecule has 0 N–H and O–H groups in total. The smallest absolute Gasteiger partial charge is 0.155 e. The van der Waals surface area contributed by atoms with Gasteiger partial charge in [0.25, 0.3) is 0 Å². The van der Waals surface area contributed by atoms with Gasteiger partial charge < -0.3 is 4.74 Å². The first-order valence-electron chi connectivity index (χ1n) is 10.8. The van der Waals surface area contributed by atoms with Gasteiger partial charge in [-0.05, 0) is 80.6 Å². The maximum absolute atomic E-state index is 12.0. The van der Waals surface area contributed by atoms with Crippen LogP contribution in [0.5, 0.6) is 0 Å². The van der Waals surface area contributed by atoms with E-state index in [9.17, 15) is 4.79 Å². The van der Waals surface area contributed by atoms with Crippen molar-refractivity contribution in [2.24, 2.45) is 35.0 Å². The van der Waals surface area contributed by atoms with Gasteiger partial charge in [-0.15, -0.1) is 6.58 Å². The fourth-order valence-corrected chi connectivity index (χ4v) is 8.07. The zero-order chi connectivity index (χ0) is 17.9. The SMILES string of the molecule is C=C[C@@H]1CC2=CC(=O)CC[C@@H]2C2CC[C@@]3(CC)C(CC[C@@]34C=CCO4)C21. The van der Waals surface area contributed by atoms with Crippen molar-refractivity contribution in [2.45, 2.75) is 63.9 Å². The Balaban J connectivity index is 1.55. The van der Waals surface area contributed by atoms with E-state index in [1.54, 1.807) is 0 Å². The van der Waals surface area contributed by atoms with Crippen LogP contribution < -0.4 is 0 Å². The summed E-state index contributed by atoms with van der Waals surface area (Å²) in [7, 11) is 0. The Bertz CT molecular complexity index is 688. The van der Waals surface area contributed by atoms with Crippen molar-refractivity contribution in [3.8, 4) is 0 Å². The highest BCUT2D eigenvalue weighted by Gasteiger charge is 2.65. The summed E-state index contributed by atoms with van der Waals surface area (Å²) >= 11 is 0. The third-order valence-electron chi connectivity index (χ3n) is 9.03. The molecule has 4 aliphatic carbocycles. The molecule has 5 rings (SSSR count). The van der Waals surface area contributed by atoms with Crippen molar-refractivity contribution in [1.29, 1.82) is 0 Å². The Morgan fingerprint density at radius 1 is 1.31 bits per heavy atom. The molecule has 5 aliphatic rings. The van der Waals surface area contributed by atoms with Crippen molar-refractivity contribution in [2.75, 3.05) is 6.61 Å². The fraction of sp³-hybridized carbons (Fsp3) is 0.708. The molecular weight excluding hydrogens is 320 g/mol. The van der Waals surface area contributed by atoms with Gasteiger partial charge in [0.1, 0.15) is 0 Å². The number of fused-ring (bicyclic) bond motifs is 6. The van der Waals surface area contributed by atoms with E-state index in [-0.39, 0.29) is 5.60 Å². The van der Waals surface area contributed by atoms with Gasteiger partial charge >= 0.3 is 0 Å². The monoisotopic (exact) mass is 352 g/mol. The van der Waals surface area contributed by atoms with Crippen LogP contribution in [0.15, 0.2) is 36.5 Å². The summed E-state index contributed by atoms with van der Waals surface area (Å²) < 4.78 is 6.44. The molecule has 3 unspecified atom stereocenters. The van der Waals surface area contributed by atoms with Gasteiger partial charge in [0.05, 0.1) is 12.2 Å². The van der Waals surface area contributed by atoms with Gasteiger partial charge in [0.15, 0.2) is 5.78 Å². The molecule has 2 heteroatoms. The van der Waals surface area contributed by atoms with Crippen LogP contribution in [0.1, 0.15) is 58.3 Å². The molecule has 0 aromatic carbocycles. The van der Waals surface area contributed by atoms with Crippen LogP contribution in [0, 0.1) is 35.0 Å². The molecule has 3 fully saturated rings. The summed E-state index contributed by atoms with van der Waals surface area (Å²) in [6.45, 7) is 7.42. The standard InChI is InChI=1S/C24H32O2/c1-3-16-14-17-15-18(25)6-7-19(17)20-8-11-23(4-2)21(22(16)20)9-12-24(23)10-5-13-26-24/h3,5,10,15-16,19-22H,1,4,6-9,11-14H2,2H3/t16-,19+,20?,21?,22?,23+,24+/m1/s1. The number of hydrogen-bond acceptors (Lipinski definition) is 2. The zero-order valence-corrected chi connectivity index (χ0v) is 16.1. The van der Waals surface area contributed by atoms with E-state index in [0.29, 0.717) is 23.0 Å². The van der Waals surface area contributed by atoms with E-state index in [1.807, 2.05) is 6.08 Å². The van der Waals surface area contributed by atoms with Crippen LogP contribution in [-0.4, -0.2) is 18.0 Å². The van der Waals surface area contributed by atoms with Crippen molar-refractivity contribution >= 4 is 5.78 Å². The minimum Gasteiger partial charge on any atom is -0.366 e. The highest BCUT2D eigenvalue weighted by Crippen LogP contribution is 2.69. The summed E-state index contributed by atoms with van der Waals surface area (Å²) in [5.74, 6) is 3.76. The minimum absolute atomic E-state index is 0.00174. The first-order valence-corrected chi connectivity index (χ1v) is 10.8. The molecule has 3 saturated carbocycles. The largest absolute Gasteiger partial charge is 0.366 e. The summed E-state index contributed by atoms with van der Waals surface area (Å²) in [5.41, 5.74) is 1.76. The topological polar surface area (TPSA) is 26.3 Å². The van der Waals surface area contributed by atoms with Gasteiger partial charge in [-0.3, -0.25) is 4.79 Å². The van der Waals surface area contributed by atoms with E-state index in [1.165, 1.54) is 37.7 Å². The van der Waals surface area contributed by atoms with Gasteiger partial charge in [0, 0.05) is 11.8 Å². The van der Waals surface area contributed by atoms with Gasteiger partial charge in [-0.25, -0.2) is 0 Å². The summed E-state index contributed by atoms with van der Waals surface area (Å²) in [5, 5.41) is 0. The molecule has 140 valence electrons. The first kappa shape index (κ1) is 17.0. The summed E-state index contributed by atoms with van der Waals surface area (Å²) in [6, 6.07) is 0. The molecule has 1 heterocycles. The Hall–Kier alpha value is -1.15. The Morgan fingerprint density at radius 2 is 2.19 bits per heavy atom. The van der Waals surface area contributed by atoms with Crippen molar-refractivity contribution in [1.82, 2.24) is 0 Å². The maximum Gasteiger partial charge on any atom is 0.155 e. The van der Waals surface area contributed by atoms with Gasteiger partial charge in [0.2, 0.25) is 0 Å². The highest BCUT2D eigenvalue weighted by molar-refractivity contribution is 5.91. The van der Waals surface area contributed by atoms with Crippen LogP contribution in [-0.2, 0) is 9.53 Å². The van der Waals surface area contributed by atoms with Crippen molar-refractivity contribution < 1.29 is 9.53 Å². The molecule has 0 bridgehead atoms. The second kappa shape index (κ2) is 5.92. The zero-order valence-electron chi connectivity index (χ0n) is 16.1. The second-order valence-corrected chi connectivity index (χ2v) is 9.47. The number of ether oxygens (including phenoxy) is 1. The quantitative estimate of drug-likeness (QED) is 0.634. The Morgan fingerprint density at radius 3 is 2.92 bits per heavy atom. The average Bonchev–Trinajstić information content (AvgIpc) is 3.27. The number of carbonyl (C=O) groups excluding carboxylic acids is 1. The van der Waals surface area contributed by atoms with Crippen LogP contribution in [0.2, 0.25) is 0 Å². The number of rotatable bonds is 2. The van der Waals surface area contributed by atoms with Gasteiger partial charge in [-0.2, -0.15) is 0 Å². The molecule has 1 spiro atoms. The van der Waals surface area contributed by atoms with E-state index in [2.05, 4.69) is 31.7 Å². The van der Waals surface area contributed by atoms with Crippen LogP contribution in [0.25, 0.3) is 0 Å². The Labute approximate surface area is 157 Å². The van der Waals surface area contributed by atoms with E-state index >= 15 is 0 Å². The van der Waals surface area contributed by atoms with E-state index in [4.69, 9.17) is 4.74 Å². The summed E-state index contributed by atoms with van der Waals surface area (Å²) in [4.78, 5) is 12.0. The van der Waals surface area contributed by atoms with E-state index in [0.717, 1.165) is 43.6 Å². The predicted octanol–water partition coefficient (Wildman–Crippen LogP) is 5.26. The third-order valence-corrected chi connectivity index (χ3v) is 9.03. The van der Waals surface area contributed by atoms with Crippen LogP contribution >= 0.6 is 0 Å². The van der Waals surface area contributed by atoms with E-state index < -0.39 is 0 Å². The normalized spacial score (nSPS) is 49.5. The first-order chi connectivity index (χ1) is 12.6. The number of ketones is 1.